The molecule has 0 aliphatic heterocycles. The molecular formula is C14H15BrN2O3. The Bertz CT molecular complexity index is 651. The summed E-state index contributed by atoms with van der Waals surface area (Å²) in [7, 11) is 1.31. The molecule has 0 aliphatic rings. The van der Waals surface area contributed by atoms with E-state index >= 15 is 0 Å². The Hall–Kier alpha value is -1.82. The average molecular weight is 339 g/mol. The number of amides is 1. The van der Waals surface area contributed by atoms with Crippen LogP contribution in [0.4, 0.5) is 0 Å². The van der Waals surface area contributed by atoms with E-state index in [0.29, 0.717) is 6.54 Å². The van der Waals surface area contributed by atoms with Gasteiger partial charge >= 0.3 is 5.97 Å². The Kier molecular flexibility index (Phi) is 4.44. The van der Waals surface area contributed by atoms with Crippen molar-refractivity contribution in [1.82, 2.24) is 9.88 Å². The summed E-state index contributed by atoms with van der Waals surface area (Å²) in [4.78, 5) is 22.9. The van der Waals surface area contributed by atoms with Crippen molar-refractivity contribution in [3.05, 3.63) is 34.9 Å². The van der Waals surface area contributed by atoms with Gasteiger partial charge in [0.2, 0.25) is 5.91 Å². The molecule has 0 saturated carbocycles. The molecule has 0 aliphatic carbocycles. The smallest absolute Gasteiger partial charge is 0.330 e. The molecule has 1 atom stereocenters. The monoisotopic (exact) mass is 338 g/mol. The molecule has 0 spiro atoms. The van der Waals surface area contributed by atoms with Gasteiger partial charge in [-0.1, -0.05) is 18.2 Å². The second-order valence-corrected chi connectivity index (χ2v) is 5.28. The first-order valence-corrected chi connectivity index (χ1v) is 6.90. The highest BCUT2D eigenvalue weighted by Gasteiger charge is 2.21. The Morgan fingerprint density at radius 2 is 2.10 bits per heavy atom. The van der Waals surface area contributed by atoms with Crippen molar-refractivity contribution in [3.8, 4) is 0 Å². The van der Waals surface area contributed by atoms with Gasteiger partial charge in [0.25, 0.3) is 0 Å². The summed E-state index contributed by atoms with van der Waals surface area (Å²) >= 11 is 3.49. The molecule has 0 saturated heterocycles. The van der Waals surface area contributed by atoms with Crippen molar-refractivity contribution < 1.29 is 14.3 Å². The number of benzene rings is 1. The van der Waals surface area contributed by atoms with E-state index in [1.54, 1.807) is 0 Å². The molecule has 1 amide bonds. The number of methoxy groups -OCH3 is 1. The molecule has 1 aromatic heterocycles. The lowest BCUT2D eigenvalue weighted by Gasteiger charge is -2.16. The maximum atomic E-state index is 11.7. The second kappa shape index (κ2) is 6.09. The lowest BCUT2D eigenvalue weighted by molar-refractivity contribution is -0.145. The summed E-state index contributed by atoms with van der Waals surface area (Å²) in [5, 5.41) is 3.66. The van der Waals surface area contributed by atoms with Crippen LogP contribution in [0.5, 0.6) is 0 Å². The molecule has 20 heavy (non-hydrogen) atoms. The van der Waals surface area contributed by atoms with Gasteiger partial charge in [0, 0.05) is 28.5 Å². The average Bonchev–Trinajstić information content (AvgIpc) is 2.74. The summed E-state index contributed by atoms with van der Waals surface area (Å²) < 4.78 is 7.58. The number of ether oxygens (including phenoxy) is 1. The number of para-hydroxylation sites is 1. The van der Waals surface area contributed by atoms with Crippen molar-refractivity contribution in [2.45, 2.75) is 19.5 Å². The molecule has 0 radical (unpaired) electrons. The van der Waals surface area contributed by atoms with E-state index in [9.17, 15) is 9.59 Å². The van der Waals surface area contributed by atoms with Gasteiger partial charge < -0.3 is 14.6 Å². The lowest BCUT2D eigenvalue weighted by atomic mass is 10.2. The van der Waals surface area contributed by atoms with Crippen LogP contribution in [0, 0.1) is 0 Å². The fourth-order valence-electron chi connectivity index (χ4n) is 2.12. The van der Waals surface area contributed by atoms with Crippen LogP contribution in [-0.2, 0) is 20.9 Å². The van der Waals surface area contributed by atoms with Crippen LogP contribution in [-0.4, -0.2) is 29.6 Å². The molecule has 6 heteroatoms. The largest absolute Gasteiger partial charge is 0.467 e. The van der Waals surface area contributed by atoms with Crippen molar-refractivity contribution in [3.63, 3.8) is 0 Å². The minimum atomic E-state index is -0.708. The summed E-state index contributed by atoms with van der Waals surface area (Å²) in [6.45, 7) is 1.69. The highest BCUT2D eigenvalue weighted by atomic mass is 79.9. The van der Waals surface area contributed by atoms with E-state index in [2.05, 4.69) is 21.2 Å². The topological polar surface area (TPSA) is 60.3 Å². The quantitative estimate of drug-likeness (QED) is 0.868. The molecule has 1 aromatic carbocycles. The number of nitrogens with zero attached hydrogens (tertiary/aromatic N) is 1. The van der Waals surface area contributed by atoms with Crippen LogP contribution < -0.4 is 5.32 Å². The van der Waals surface area contributed by atoms with Gasteiger partial charge in [-0.05, 0) is 22.0 Å². The number of carbonyl (C=O) groups is 2. The number of hydrogen-bond acceptors (Lipinski definition) is 3. The van der Waals surface area contributed by atoms with Crippen LogP contribution in [0.15, 0.2) is 34.9 Å². The number of fused-ring (bicyclic) bond motifs is 1. The normalized spacial score (nSPS) is 12.2. The first-order chi connectivity index (χ1) is 9.52. The Labute approximate surface area is 125 Å². The fraction of sp³-hybridized carbons (Fsp3) is 0.286. The van der Waals surface area contributed by atoms with E-state index in [1.165, 1.54) is 14.0 Å². The molecule has 0 fully saturated rings. The van der Waals surface area contributed by atoms with Crippen molar-refractivity contribution >= 4 is 38.7 Å². The molecule has 1 heterocycles. The van der Waals surface area contributed by atoms with Crippen LogP contribution >= 0.6 is 15.9 Å². The minimum Gasteiger partial charge on any atom is -0.467 e. The van der Waals surface area contributed by atoms with Gasteiger partial charge in [0.15, 0.2) is 0 Å². The van der Waals surface area contributed by atoms with Gasteiger partial charge in [0.1, 0.15) is 6.04 Å². The number of nitrogens with one attached hydrogen (secondary N) is 1. The number of hydrogen-bond donors (Lipinski definition) is 1. The minimum absolute atomic E-state index is 0.268. The van der Waals surface area contributed by atoms with E-state index in [-0.39, 0.29) is 5.91 Å². The first-order valence-electron chi connectivity index (χ1n) is 6.11. The Morgan fingerprint density at radius 3 is 2.75 bits per heavy atom. The SMILES string of the molecule is COC(=O)C(Cn1cc(Br)c2ccccc21)NC(C)=O. The number of aromatic nitrogens is 1. The predicted octanol–water partition coefficient (Wildman–Crippen LogP) is 2.08. The molecule has 5 nitrogen and oxygen atoms in total. The van der Waals surface area contributed by atoms with Gasteiger partial charge in [-0.2, -0.15) is 0 Å². The van der Waals surface area contributed by atoms with Crippen molar-refractivity contribution in [2.24, 2.45) is 0 Å². The van der Waals surface area contributed by atoms with Crippen molar-refractivity contribution in [1.29, 1.82) is 0 Å². The summed E-state index contributed by atoms with van der Waals surface area (Å²) in [5.74, 6) is -0.731. The molecule has 0 bridgehead atoms. The number of halogens is 1. The highest BCUT2D eigenvalue weighted by molar-refractivity contribution is 9.10. The van der Waals surface area contributed by atoms with Gasteiger partial charge in [-0.25, -0.2) is 4.79 Å². The number of esters is 1. The van der Waals surface area contributed by atoms with Gasteiger partial charge in [0.05, 0.1) is 13.7 Å². The van der Waals surface area contributed by atoms with E-state index in [1.807, 2.05) is 35.0 Å². The second-order valence-electron chi connectivity index (χ2n) is 4.42. The van der Waals surface area contributed by atoms with Gasteiger partial charge in [-0.3, -0.25) is 4.79 Å². The lowest BCUT2D eigenvalue weighted by Crippen LogP contribution is -2.43. The predicted molar refractivity (Wildman–Crippen MR) is 79.3 cm³/mol. The molecule has 1 N–H and O–H groups in total. The first kappa shape index (κ1) is 14.6. The fourth-order valence-corrected chi connectivity index (χ4v) is 2.70. The summed E-state index contributed by atoms with van der Waals surface area (Å²) in [6, 6.07) is 7.11. The third-order valence-electron chi connectivity index (χ3n) is 2.98. The van der Waals surface area contributed by atoms with Crippen LogP contribution in [0.2, 0.25) is 0 Å². The Morgan fingerprint density at radius 1 is 1.40 bits per heavy atom. The zero-order valence-electron chi connectivity index (χ0n) is 11.2. The van der Waals surface area contributed by atoms with Crippen LogP contribution in [0.1, 0.15) is 6.92 Å². The standard InChI is InChI=1S/C14H15BrN2O3/c1-9(18)16-12(14(19)20-2)8-17-7-11(15)10-5-3-4-6-13(10)17/h3-7,12H,8H2,1-2H3,(H,16,18). The molecule has 2 aromatic rings. The third-order valence-corrected chi connectivity index (χ3v) is 3.61. The van der Waals surface area contributed by atoms with E-state index < -0.39 is 12.0 Å². The zero-order valence-corrected chi connectivity index (χ0v) is 12.8. The van der Waals surface area contributed by atoms with Crippen LogP contribution in [0.3, 0.4) is 0 Å². The molecule has 1 unspecified atom stereocenters. The zero-order chi connectivity index (χ0) is 14.7. The number of carbonyl (C=O) groups excluding carboxylic acids is 2. The van der Waals surface area contributed by atoms with E-state index in [0.717, 1.165) is 15.4 Å². The maximum absolute atomic E-state index is 11.7. The van der Waals surface area contributed by atoms with Gasteiger partial charge in [-0.15, -0.1) is 0 Å². The van der Waals surface area contributed by atoms with Crippen molar-refractivity contribution in [2.75, 3.05) is 7.11 Å². The summed E-state index contributed by atoms with van der Waals surface area (Å²) in [5.41, 5.74) is 0.985. The van der Waals surface area contributed by atoms with Crippen LogP contribution in [0.25, 0.3) is 10.9 Å². The molecule has 2 rings (SSSR count). The number of rotatable bonds is 4. The maximum Gasteiger partial charge on any atom is 0.330 e. The molecular weight excluding hydrogens is 324 g/mol. The van der Waals surface area contributed by atoms with E-state index in [4.69, 9.17) is 4.74 Å². The summed E-state index contributed by atoms with van der Waals surface area (Å²) in [6.07, 6.45) is 1.89. The molecule has 106 valence electrons. The Balaban J connectivity index is 2.33. The highest BCUT2D eigenvalue weighted by Crippen LogP contribution is 2.26. The third kappa shape index (κ3) is 3.01.